The average Bonchev–Trinajstić information content (AvgIpc) is 2.81. The molecule has 0 saturated carbocycles. The zero-order chi connectivity index (χ0) is 16.3. The number of methoxy groups -OCH3 is 1. The second-order valence-electron chi connectivity index (χ2n) is 4.52. The number of carbonyl (C=O) groups is 2. The van der Waals surface area contributed by atoms with E-state index in [1.54, 1.807) is 0 Å². The third-order valence-corrected chi connectivity index (χ3v) is 3.16. The Morgan fingerprint density at radius 1 is 1.45 bits per heavy atom. The van der Waals surface area contributed by atoms with E-state index in [1.807, 2.05) is 0 Å². The van der Waals surface area contributed by atoms with E-state index in [-0.39, 0.29) is 36.7 Å². The summed E-state index contributed by atoms with van der Waals surface area (Å²) in [5.74, 6) is -3.60. The Morgan fingerprint density at radius 2 is 2.18 bits per heavy atom. The third kappa shape index (κ3) is 2.91. The number of ether oxygens (including phenoxy) is 1. The van der Waals surface area contributed by atoms with Gasteiger partial charge in [0.2, 0.25) is 0 Å². The van der Waals surface area contributed by atoms with Crippen molar-refractivity contribution < 1.29 is 28.2 Å². The van der Waals surface area contributed by atoms with Crippen LogP contribution in [0.3, 0.4) is 0 Å². The molecule has 118 valence electrons. The predicted molar refractivity (Wildman–Crippen MR) is 72.7 cm³/mol. The first-order chi connectivity index (χ1) is 10.5. The highest BCUT2D eigenvalue weighted by Gasteiger charge is 2.34. The summed E-state index contributed by atoms with van der Waals surface area (Å²) in [6.45, 7) is -0.358. The van der Waals surface area contributed by atoms with Gasteiger partial charge in [0.05, 0.1) is 31.5 Å². The van der Waals surface area contributed by atoms with Crippen molar-refractivity contribution in [1.82, 2.24) is 4.90 Å². The molecule has 1 aromatic carbocycles. The van der Waals surface area contributed by atoms with Crippen LogP contribution in [0.15, 0.2) is 29.5 Å². The lowest BCUT2D eigenvalue weighted by Gasteiger charge is -2.15. The summed E-state index contributed by atoms with van der Waals surface area (Å²) in [4.78, 5) is 25.1. The quantitative estimate of drug-likeness (QED) is 0.780. The van der Waals surface area contributed by atoms with Crippen LogP contribution in [-0.2, 0) is 14.3 Å². The molecule has 6 nitrogen and oxygen atoms in total. The number of hydrogen-bond acceptors (Lipinski definition) is 5. The van der Waals surface area contributed by atoms with E-state index in [1.165, 1.54) is 17.0 Å². The van der Waals surface area contributed by atoms with Gasteiger partial charge >= 0.3 is 5.97 Å². The van der Waals surface area contributed by atoms with Crippen LogP contribution in [0, 0.1) is 11.6 Å². The summed E-state index contributed by atoms with van der Waals surface area (Å²) in [5.41, 5.74) is -0.468. The Morgan fingerprint density at radius 3 is 2.82 bits per heavy atom. The van der Waals surface area contributed by atoms with Crippen LogP contribution in [0.25, 0.3) is 0 Å². The number of halogens is 2. The lowest BCUT2D eigenvalue weighted by atomic mass is 10.2. The fourth-order valence-electron chi connectivity index (χ4n) is 2.08. The minimum Gasteiger partial charge on any atom is -0.466 e. The van der Waals surface area contributed by atoms with Crippen molar-refractivity contribution >= 4 is 17.6 Å². The van der Waals surface area contributed by atoms with Crippen molar-refractivity contribution in [2.24, 2.45) is 0 Å². The molecule has 0 aromatic heterocycles. The number of esters is 1. The zero-order valence-electron chi connectivity index (χ0n) is 11.7. The standard InChI is InChI=1S/C14H14F2N2O4/c1-22-14(21)8-7-18(5-6-19)13(20)12(8)17-10-4-2-3-9(15)11(10)16/h2-4,17,19H,5-7H2,1H3. The number of hydrogen-bond donors (Lipinski definition) is 2. The number of aliphatic hydroxyl groups is 1. The van der Waals surface area contributed by atoms with Crippen LogP contribution in [-0.4, -0.2) is 48.7 Å². The molecule has 0 aliphatic carbocycles. The molecule has 1 aliphatic rings. The van der Waals surface area contributed by atoms with E-state index >= 15 is 0 Å². The molecule has 0 unspecified atom stereocenters. The molecule has 0 bridgehead atoms. The maximum Gasteiger partial charge on any atom is 0.337 e. The van der Waals surface area contributed by atoms with Gasteiger partial charge in [-0.1, -0.05) is 6.07 Å². The summed E-state index contributed by atoms with van der Waals surface area (Å²) in [7, 11) is 1.15. The molecule has 22 heavy (non-hydrogen) atoms. The number of benzene rings is 1. The van der Waals surface area contributed by atoms with Gasteiger partial charge in [-0.3, -0.25) is 4.79 Å². The smallest absolute Gasteiger partial charge is 0.337 e. The molecule has 1 heterocycles. The van der Waals surface area contributed by atoms with Gasteiger partial charge in [-0.2, -0.15) is 0 Å². The van der Waals surface area contributed by atoms with Gasteiger partial charge in [-0.15, -0.1) is 0 Å². The van der Waals surface area contributed by atoms with Crippen LogP contribution in [0.2, 0.25) is 0 Å². The highest BCUT2D eigenvalue weighted by molar-refractivity contribution is 6.08. The van der Waals surface area contributed by atoms with E-state index in [0.717, 1.165) is 13.2 Å². The Labute approximate surface area is 125 Å². The molecular formula is C14H14F2N2O4. The van der Waals surface area contributed by atoms with Crippen molar-refractivity contribution in [2.75, 3.05) is 32.1 Å². The van der Waals surface area contributed by atoms with Gasteiger partial charge < -0.3 is 20.1 Å². The molecule has 1 aliphatic heterocycles. The van der Waals surface area contributed by atoms with E-state index in [9.17, 15) is 18.4 Å². The van der Waals surface area contributed by atoms with E-state index < -0.39 is 23.5 Å². The van der Waals surface area contributed by atoms with Crippen LogP contribution < -0.4 is 5.32 Å². The molecule has 2 rings (SSSR count). The van der Waals surface area contributed by atoms with Gasteiger partial charge in [0.15, 0.2) is 11.6 Å². The molecule has 0 spiro atoms. The van der Waals surface area contributed by atoms with Gasteiger partial charge in [0, 0.05) is 6.54 Å². The predicted octanol–water partition coefficient (Wildman–Crippen LogP) is 0.638. The first-order valence-corrected chi connectivity index (χ1v) is 6.42. The van der Waals surface area contributed by atoms with Gasteiger partial charge in [-0.05, 0) is 12.1 Å². The van der Waals surface area contributed by atoms with Gasteiger partial charge in [-0.25, -0.2) is 13.6 Å². The van der Waals surface area contributed by atoms with E-state index in [2.05, 4.69) is 10.1 Å². The molecule has 8 heteroatoms. The largest absolute Gasteiger partial charge is 0.466 e. The van der Waals surface area contributed by atoms with E-state index in [0.29, 0.717) is 0 Å². The third-order valence-electron chi connectivity index (χ3n) is 3.16. The topological polar surface area (TPSA) is 78.9 Å². The molecular weight excluding hydrogens is 298 g/mol. The number of carbonyl (C=O) groups excluding carboxylic acids is 2. The Hall–Kier alpha value is -2.48. The van der Waals surface area contributed by atoms with Crippen LogP contribution >= 0.6 is 0 Å². The number of amides is 1. The van der Waals surface area contributed by atoms with Crippen molar-refractivity contribution in [3.05, 3.63) is 41.1 Å². The minimum atomic E-state index is -1.16. The van der Waals surface area contributed by atoms with Crippen molar-refractivity contribution in [3.63, 3.8) is 0 Å². The summed E-state index contributed by atoms with van der Waals surface area (Å²) < 4.78 is 31.5. The molecule has 0 radical (unpaired) electrons. The fraction of sp³-hybridized carbons (Fsp3) is 0.286. The van der Waals surface area contributed by atoms with Gasteiger partial charge in [0.25, 0.3) is 5.91 Å². The van der Waals surface area contributed by atoms with Crippen molar-refractivity contribution in [3.8, 4) is 0 Å². The van der Waals surface area contributed by atoms with Crippen LogP contribution in [0.4, 0.5) is 14.5 Å². The minimum absolute atomic E-state index is 0.00962. The summed E-state index contributed by atoms with van der Waals surface area (Å²) in [5, 5.41) is 11.4. The molecule has 1 amide bonds. The SMILES string of the molecule is COC(=O)C1=C(Nc2cccc(F)c2F)C(=O)N(CCO)C1. The lowest BCUT2D eigenvalue weighted by molar-refractivity contribution is -0.136. The monoisotopic (exact) mass is 312 g/mol. The number of anilines is 1. The molecule has 0 atom stereocenters. The highest BCUT2D eigenvalue weighted by atomic mass is 19.2. The first-order valence-electron chi connectivity index (χ1n) is 6.42. The number of nitrogens with one attached hydrogen (secondary N) is 1. The first kappa shape index (κ1) is 15.9. The summed E-state index contributed by atoms with van der Waals surface area (Å²) >= 11 is 0. The highest BCUT2D eigenvalue weighted by Crippen LogP contribution is 2.25. The summed E-state index contributed by atoms with van der Waals surface area (Å²) in [6, 6.07) is 3.44. The Bertz CT molecular complexity index is 646. The van der Waals surface area contributed by atoms with Crippen molar-refractivity contribution in [1.29, 1.82) is 0 Å². The maximum absolute atomic E-state index is 13.7. The van der Waals surface area contributed by atoms with Crippen LogP contribution in [0.5, 0.6) is 0 Å². The summed E-state index contributed by atoms with van der Waals surface area (Å²) in [6.07, 6.45) is 0. The average molecular weight is 312 g/mol. The zero-order valence-corrected chi connectivity index (χ0v) is 11.7. The second kappa shape index (κ2) is 6.52. The van der Waals surface area contributed by atoms with Gasteiger partial charge in [0.1, 0.15) is 5.70 Å². The molecule has 0 saturated heterocycles. The maximum atomic E-state index is 13.7. The van der Waals surface area contributed by atoms with Crippen molar-refractivity contribution in [2.45, 2.75) is 0 Å². The number of aliphatic hydroxyl groups excluding tert-OH is 1. The molecule has 1 aromatic rings. The number of nitrogens with zero attached hydrogens (tertiary/aromatic N) is 1. The second-order valence-corrected chi connectivity index (χ2v) is 4.52. The lowest BCUT2D eigenvalue weighted by Crippen LogP contribution is -2.31. The fourth-order valence-corrected chi connectivity index (χ4v) is 2.08. The normalized spacial score (nSPS) is 14.5. The van der Waals surface area contributed by atoms with Crippen LogP contribution in [0.1, 0.15) is 0 Å². The van der Waals surface area contributed by atoms with E-state index in [4.69, 9.17) is 5.11 Å². The molecule has 2 N–H and O–H groups in total. The molecule has 0 fully saturated rings. The Balaban J connectivity index is 2.37. The number of rotatable bonds is 5. The Kier molecular flexibility index (Phi) is 4.71. The number of β-amino-alcohol motifs (C(OH)–C–C–N with tert-alkyl or cyclic N) is 1.